The molecule has 1 aliphatic rings. The molecule has 2 amide bonds. The average Bonchev–Trinajstić information content (AvgIpc) is 2.22. The normalized spacial score (nSPS) is 23.7. The molecule has 7 heteroatoms. The predicted octanol–water partition coefficient (Wildman–Crippen LogP) is -0.200. The maximum atomic E-state index is 11.6. The summed E-state index contributed by atoms with van der Waals surface area (Å²) < 4.78 is 30.4. The van der Waals surface area contributed by atoms with Crippen LogP contribution < -0.4 is 0 Å². The van der Waals surface area contributed by atoms with Crippen LogP contribution in [0.25, 0.3) is 0 Å². The summed E-state index contributed by atoms with van der Waals surface area (Å²) in [6.45, 7) is 4.86. The lowest BCUT2D eigenvalue weighted by Gasteiger charge is -2.29. The Morgan fingerprint density at radius 2 is 1.80 bits per heavy atom. The van der Waals surface area contributed by atoms with Crippen LogP contribution in [0, 0.1) is 0 Å². The first-order valence-corrected chi connectivity index (χ1v) is 5.88. The van der Waals surface area contributed by atoms with E-state index in [1.54, 1.807) is 20.8 Å². The Morgan fingerprint density at radius 1 is 1.33 bits per heavy atom. The Kier molecular flexibility index (Phi) is 2.65. The molecule has 0 aromatic carbocycles. The van der Waals surface area contributed by atoms with Crippen LogP contribution in [0.5, 0.6) is 0 Å². The van der Waals surface area contributed by atoms with Gasteiger partial charge in [-0.15, -0.1) is 0 Å². The topological polar surface area (TPSA) is 91.8 Å². The molecule has 0 radical (unpaired) electrons. The number of amides is 2. The van der Waals surface area contributed by atoms with E-state index in [0.29, 0.717) is 0 Å². The molecule has 6 nitrogen and oxygen atoms in total. The van der Waals surface area contributed by atoms with E-state index in [-0.39, 0.29) is 0 Å². The zero-order chi connectivity index (χ0) is 12.0. The van der Waals surface area contributed by atoms with Gasteiger partial charge in [0.25, 0.3) is 16.0 Å². The van der Waals surface area contributed by atoms with Crippen molar-refractivity contribution >= 4 is 21.9 Å². The van der Waals surface area contributed by atoms with Crippen LogP contribution in [0.2, 0.25) is 0 Å². The van der Waals surface area contributed by atoms with Gasteiger partial charge in [-0.05, 0) is 20.8 Å². The summed E-state index contributed by atoms with van der Waals surface area (Å²) in [5, 5.41) is -1.63. The molecular formula is C8H13NO5S. The maximum absolute atomic E-state index is 11.6. The molecule has 1 aliphatic heterocycles. The van der Waals surface area contributed by atoms with Gasteiger partial charge in [-0.1, -0.05) is 0 Å². The molecule has 1 rings (SSSR count). The largest absolute Gasteiger partial charge is 0.285 e. The van der Waals surface area contributed by atoms with Crippen LogP contribution in [-0.2, 0) is 19.7 Å². The zero-order valence-electron chi connectivity index (χ0n) is 8.72. The van der Waals surface area contributed by atoms with E-state index in [1.807, 2.05) is 0 Å². The van der Waals surface area contributed by atoms with Gasteiger partial charge in [-0.25, -0.2) is 0 Å². The lowest BCUT2D eigenvalue weighted by molar-refractivity contribution is -0.143. The molecule has 86 valence electrons. The molecule has 1 saturated heterocycles. The van der Waals surface area contributed by atoms with E-state index >= 15 is 0 Å². The summed E-state index contributed by atoms with van der Waals surface area (Å²) in [6.07, 6.45) is -0.477. The quantitative estimate of drug-likeness (QED) is 0.502. The number of hydrogen-bond donors (Lipinski definition) is 1. The first-order valence-electron chi connectivity index (χ1n) is 4.38. The summed E-state index contributed by atoms with van der Waals surface area (Å²) in [4.78, 5) is 23.9. The van der Waals surface area contributed by atoms with Crippen molar-refractivity contribution in [3.8, 4) is 0 Å². The second-order valence-corrected chi connectivity index (χ2v) is 6.04. The van der Waals surface area contributed by atoms with E-state index in [0.717, 1.165) is 4.90 Å². The molecule has 1 fully saturated rings. The van der Waals surface area contributed by atoms with E-state index in [1.165, 1.54) is 0 Å². The number of carbonyl (C=O) groups is 2. The van der Waals surface area contributed by atoms with Gasteiger partial charge in [0.2, 0.25) is 5.91 Å². The number of rotatable bonds is 1. The fourth-order valence-corrected chi connectivity index (χ4v) is 2.25. The number of carbonyl (C=O) groups excluding carboxylic acids is 2. The fraction of sp³-hybridized carbons (Fsp3) is 0.750. The van der Waals surface area contributed by atoms with Gasteiger partial charge in [-0.3, -0.25) is 19.0 Å². The lowest BCUT2D eigenvalue weighted by atomic mass is 10.1. The van der Waals surface area contributed by atoms with Gasteiger partial charge >= 0.3 is 0 Å². The molecule has 1 heterocycles. The van der Waals surface area contributed by atoms with Gasteiger partial charge in [0.15, 0.2) is 5.25 Å². The fourth-order valence-electron chi connectivity index (χ4n) is 1.54. The van der Waals surface area contributed by atoms with Gasteiger partial charge in [0, 0.05) is 5.54 Å². The smallest absolute Gasteiger partial charge is 0.277 e. The first kappa shape index (κ1) is 12.1. The van der Waals surface area contributed by atoms with E-state index in [4.69, 9.17) is 4.55 Å². The van der Waals surface area contributed by atoms with Gasteiger partial charge in [-0.2, -0.15) is 8.42 Å². The Labute approximate surface area is 88.0 Å². The second-order valence-electron chi connectivity index (χ2n) is 4.45. The van der Waals surface area contributed by atoms with Crippen LogP contribution in [0.15, 0.2) is 0 Å². The monoisotopic (exact) mass is 235 g/mol. The highest BCUT2D eigenvalue weighted by Gasteiger charge is 2.49. The molecular weight excluding hydrogens is 222 g/mol. The molecule has 15 heavy (non-hydrogen) atoms. The van der Waals surface area contributed by atoms with Crippen LogP contribution in [0.4, 0.5) is 0 Å². The highest BCUT2D eigenvalue weighted by Crippen LogP contribution is 2.26. The van der Waals surface area contributed by atoms with Crippen molar-refractivity contribution in [3.05, 3.63) is 0 Å². The molecule has 0 aromatic rings. The van der Waals surface area contributed by atoms with Crippen LogP contribution in [-0.4, -0.2) is 40.5 Å². The Bertz CT molecular complexity index is 405. The third-order valence-electron chi connectivity index (χ3n) is 2.14. The highest BCUT2D eigenvalue weighted by molar-refractivity contribution is 7.87. The summed E-state index contributed by atoms with van der Waals surface area (Å²) >= 11 is 0. The highest BCUT2D eigenvalue weighted by atomic mass is 32.2. The lowest BCUT2D eigenvalue weighted by Crippen LogP contribution is -2.47. The molecule has 0 spiro atoms. The average molecular weight is 235 g/mol. The second kappa shape index (κ2) is 3.28. The first-order chi connectivity index (χ1) is 6.55. The standard InChI is InChI=1S/C8H13NO5S/c1-8(2,3)9-6(10)4-5(7(9)11)15(12,13)14/h5H,4H2,1-3H3,(H,12,13,14). The predicted molar refractivity (Wildman–Crippen MR) is 51.6 cm³/mol. The minimum absolute atomic E-state index is 0.477. The summed E-state index contributed by atoms with van der Waals surface area (Å²) in [6, 6.07) is 0. The van der Waals surface area contributed by atoms with Crippen molar-refractivity contribution in [2.45, 2.75) is 38.0 Å². The van der Waals surface area contributed by atoms with Crippen molar-refractivity contribution in [2.24, 2.45) is 0 Å². The minimum atomic E-state index is -4.49. The Hall–Kier alpha value is -0.950. The third-order valence-corrected chi connectivity index (χ3v) is 3.22. The third kappa shape index (κ3) is 2.18. The van der Waals surface area contributed by atoms with E-state index in [9.17, 15) is 18.0 Å². The van der Waals surface area contributed by atoms with Crippen LogP contribution >= 0.6 is 0 Å². The van der Waals surface area contributed by atoms with Crippen LogP contribution in [0.1, 0.15) is 27.2 Å². The van der Waals surface area contributed by atoms with Crippen molar-refractivity contribution in [1.29, 1.82) is 0 Å². The molecule has 1 N–H and O–H groups in total. The van der Waals surface area contributed by atoms with Crippen molar-refractivity contribution in [3.63, 3.8) is 0 Å². The number of nitrogens with zero attached hydrogens (tertiary/aromatic N) is 1. The number of hydrogen-bond acceptors (Lipinski definition) is 4. The zero-order valence-corrected chi connectivity index (χ0v) is 9.54. The molecule has 0 aromatic heterocycles. The van der Waals surface area contributed by atoms with Gasteiger partial charge in [0.05, 0.1) is 6.42 Å². The molecule has 1 unspecified atom stereocenters. The summed E-state index contributed by atoms with van der Waals surface area (Å²) in [7, 11) is -4.49. The minimum Gasteiger partial charge on any atom is -0.285 e. The number of likely N-dealkylation sites (tertiary alicyclic amines) is 1. The SMILES string of the molecule is CC(C)(C)N1C(=O)CC(S(=O)(=O)O)C1=O. The number of imide groups is 1. The van der Waals surface area contributed by atoms with Gasteiger partial charge < -0.3 is 0 Å². The van der Waals surface area contributed by atoms with Crippen molar-refractivity contribution in [1.82, 2.24) is 4.90 Å². The Balaban J connectivity index is 3.11. The van der Waals surface area contributed by atoms with Crippen molar-refractivity contribution < 1.29 is 22.6 Å². The van der Waals surface area contributed by atoms with Crippen molar-refractivity contribution in [2.75, 3.05) is 0 Å². The summed E-state index contributed by atoms with van der Waals surface area (Å²) in [5.74, 6) is -1.43. The van der Waals surface area contributed by atoms with Gasteiger partial charge in [0.1, 0.15) is 0 Å². The molecule has 1 atom stereocenters. The molecule has 0 saturated carbocycles. The summed E-state index contributed by atoms with van der Waals surface area (Å²) in [5.41, 5.74) is -0.770. The van der Waals surface area contributed by atoms with E-state index in [2.05, 4.69) is 0 Å². The maximum Gasteiger partial charge on any atom is 0.277 e. The Morgan fingerprint density at radius 3 is 2.00 bits per heavy atom. The van der Waals surface area contributed by atoms with E-state index < -0.39 is 39.1 Å². The molecule has 0 bridgehead atoms. The van der Waals surface area contributed by atoms with Crippen LogP contribution in [0.3, 0.4) is 0 Å². The molecule has 0 aliphatic carbocycles.